The van der Waals surface area contributed by atoms with E-state index in [1.165, 1.54) is 7.11 Å². The maximum absolute atomic E-state index is 13.0. The van der Waals surface area contributed by atoms with Gasteiger partial charge in [0, 0.05) is 17.2 Å². The van der Waals surface area contributed by atoms with Gasteiger partial charge in [-0.1, -0.05) is 36.4 Å². The second-order valence-corrected chi connectivity index (χ2v) is 8.36. The Bertz CT molecular complexity index is 1240. The van der Waals surface area contributed by atoms with Crippen LogP contribution >= 0.6 is 0 Å². The number of nitrogens with one attached hydrogen (secondary N) is 2. The average Bonchev–Trinajstić information content (AvgIpc) is 2.90. The number of rotatable bonds is 10. The van der Waals surface area contributed by atoms with Crippen LogP contribution in [0.5, 0.6) is 11.5 Å². The van der Waals surface area contributed by atoms with Gasteiger partial charge in [-0.25, -0.2) is 0 Å². The SMILES string of the molecule is COC(=O)C(Cc1cccc(C(=N)N)c1)C(C)NC(=O)c1ccc(-c2ccc(OC)c(OC)c2)cc1. The molecule has 3 rings (SSSR count). The second kappa shape index (κ2) is 11.9. The maximum atomic E-state index is 13.0. The predicted octanol–water partition coefficient (Wildman–Crippen LogP) is 3.81. The highest BCUT2D eigenvalue weighted by Gasteiger charge is 2.28. The highest BCUT2D eigenvalue weighted by molar-refractivity contribution is 5.96. The minimum Gasteiger partial charge on any atom is -0.493 e. The standard InChI is InChI=1S/C28H31N3O5/c1-17(23(28(33)36-4)15-18-6-5-7-22(14-18)26(29)30)31-27(32)20-10-8-19(9-11-20)21-12-13-24(34-2)25(16-21)35-3/h5-14,16-17,23H,15H2,1-4H3,(H3,29,30)(H,31,32). The van der Waals surface area contributed by atoms with E-state index in [-0.39, 0.29) is 11.7 Å². The Kier molecular flexibility index (Phi) is 8.67. The molecule has 8 nitrogen and oxygen atoms in total. The summed E-state index contributed by atoms with van der Waals surface area (Å²) >= 11 is 0. The number of esters is 1. The topological polar surface area (TPSA) is 124 Å². The van der Waals surface area contributed by atoms with Crippen LogP contribution in [-0.2, 0) is 16.0 Å². The van der Waals surface area contributed by atoms with Crippen LogP contribution in [0.25, 0.3) is 11.1 Å². The van der Waals surface area contributed by atoms with Crippen molar-refractivity contribution in [2.75, 3.05) is 21.3 Å². The molecule has 0 fully saturated rings. The first-order chi connectivity index (χ1) is 17.3. The fraction of sp³-hybridized carbons (Fsp3) is 0.250. The molecule has 188 valence electrons. The summed E-state index contributed by atoms with van der Waals surface area (Å²) in [7, 11) is 4.49. The van der Waals surface area contributed by atoms with E-state index in [2.05, 4.69) is 5.32 Å². The Labute approximate surface area is 210 Å². The number of nitrogens with two attached hydrogens (primary N) is 1. The van der Waals surface area contributed by atoms with E-state index in [1.54, 1.807) is 51.5 Å². The van der Waals surface area contributed by atoms with Crippen molar-refractivity contribution in [1.82, 2.24) is 5.32 Å². The van der Waals surface area contributed by atoms with Crippen LogP contribution in [0.2, 0.25) is 0 Å². The quantitative estimate of drug-likeness (QED) is 0.226. The molecule has 0 saturated carbocycles. The van der Waals surface area contributed by atoms with E-state index in [1.807, 2.05) is 36.4 Å². The van der Waals surface area contributed by atoms with Crippen molar-refractivity contribution in [3.05, 3.63) is 83.4 Å². The van der Waals surface area contributed by atoms with Gasteiger partial charge in [-0.3, -0.25) is 15.0 Å². The summed E-state index contributed by atoms with van der Waals surface area (Å²) in [4.78, 5) is 25.5. The Morgan fingerprint density at radius 3 is 2.17 bits per heavy atom. The molecule has 0 saturated heterocycles. The van der Waals surface area contributed by atoms with Crippen molar-refractivity contribution < 1.29 is 23.8 Å². The van der Waals surface area contributed by atoms with Gasteiger partial charge in [0.15, 0.2) is 11.5 Å². The minimum atomic E-state index is -0.618. The van der Waals surface area contributed by atoms with Crippen LogP contribution in [0.15, 0.2) is 66.7 Å². The average molecular weight is 490 g/mol. The van der Waals surface area contributed by atoms with E-state index in [0.29, 0.717) is 29.0 Å². The molecule has 4 N–H and O–H groups in total. The summed E-state index contributed by atoms with van der Waals surface area (Å²) in [6.45, 7) is 1.77. The van der Waals surface area contributed by atoms with Crippen molar-refractivity contribution in [1.29, 1.82) is 5.41 Å². The van der Waals surface area contributed by atoms with Crippen LogP contribution < -0.4 is 20.5 Å². The third kappa shape index (κ3) is 6.21. The first-order valence-corrected chi connectivity index (χ1v) is 11.4. The van der Waals surface area contributed by atoms with Gasteiger partial charge >= 0.3 is 5.97 Å². The first kappa shape index (κ1) is 26.3. The second-order valence-electron chi connectivity index (χ2n) is 8.36. The lowest BCUT2D eigenvalue weighted by Gasteiger charge is -2.23. The lowest BCUT2D eigenvalue weighted by Crippen LogP contribution is -2.42. The summed E-state index contributed by atoms with van der Waals surface area (Å²) in [5, 5.41) is 10.6. The number of benzene rings is 3. The van der Waals surface area contributed by atoms with Crippen molar-refractivity contribution in [2.45, 2.75) is 19.4 Å². The molecular weight excluding hydrogens is 458 g/mol. The Hall–Kier alpha value is -4.33. The maximum Gasteiger partial charge on any atom is 0.311 e. The van der Waals surface area contributed by atoms with E-state index in [4.69, 9.17) is 25.4 Å². The van der Waals surface area contributed by atoms with Crippen LogP contribution in [0.1, 0.15) is 28.4 Å². The van der Waals surface area contributed by atoms with E-state index >= 15 is 0 Å². The molecule has 0 aromatic heterocycles. The molecule has 0 aliphatic carbocycles. The van der Waals surface area contributed by atoms with Gasteiger partial charge in [0.25, 0.3) is 5.91 Å². The molecule has 8 heteroatoms. The molecular formula is C28H31N3O5. The highest BCUT2D eigenvalue weighted by Crippen LogP contribution is 2.32. The lowest BCUT2D eigenvalue weighted by atomic mass is 9.92. The molecule has 0 radical (unpaired) electrons. The molecule has 2 atom stereocenters. The number of carbonyl (C=O) groups excluding carboxylic acids is 2. The summed E-state index contributed by atoms with van der Waals surface area (Å²) in [5.74, 6) is -0.142. The molecule has 0 aliphatic rings. The predicted molar refractivity (Wildman–Crippen MR) is 139 cm³/mol. The van der Waals surface area contributed by atoms with Crippen molar-refractivity contribution in [2.24, 2.45) is 11.7 Å². The van der Waals surface area contributed by atoms with Gasteiger partial charge in [-0.2, -0.15) is 0 Å². The number of hydrogen-bond acceptors (Lipinski definition) is 6. The molecule has 1 amide bonds. The Balaban J connectivity index is 1.74. The fourth-order valence-corrected chi connectivity index (χ4v) is 3.96. The zero-order chi connectivity index (χ0) is 26.2. The largest absolute Gasteiger partial charge is 0.493 e. The number of ether oxygens (including phenoxy) is 3. The third-order valence-corrected chi connectivity index (χ3v) is 6.02. The summed E-state index contributed by atoms with van der Waals surface area (Å²) < 4.78 is 15.7. The van der Waals surface area contributed by atoms with Crippen LogP contribution in [-0.4, -0.2) is 45.1 Å². The number of carbonyl (C=O) groups is 2. The minimum absolute atomic E-state index is 0.0515. The van der Waals surface area contributed by atoms with Crippen molar-refractivity contribution in [3.63, 3.8) is 0 Å². The molecule has 0 aliphatic heterocycles. The highest BCUT2D eigenvalue weighted by atomic mass is 16.5. The van der Waals surface area contributed by atoms with Gasteiger partial charge in [-0.15, -0.1) is 0 Å². The molecule has 2 unspecified atom stereocenters. The normalized spacial score (nSPS) is 12.2. The van der Waals surface area contributed by atoms with E-state index < -0.39 is 17.9 Å². The Morgan fingerprint density at radius 2 is 1.56 bits per heavy atom. The molecule has 0 spiro atoms. The zero-order valence-electron chi connectivity index (χ0n) is 20.8. The number of nitrogen functional groups attached to an aromatic ring is 1. The van der Waals surface area contributed by atoms with Crippen LogP contribution in [0.4, 0.5) is 0 Å². The summed E-state index contributed by atoms with van der Waals surface area (Å²) in [6.07, 6.45) is 0.327. The number of methoxy groups -OCH3 is 3. The Morgan fingerprint density at radius 1 is 0.889 bits per heavy atom. The summed E-state index contributed by atoms with van der Waals surface area (Å²) in [6, 6.07) is 19.4. The third-order valence-electron chi connectivity index (χ3n) is 6.02. The smallest absolute Gasteiger partial charge is 0.311 e. The van der Waals surface area contributed by atoms with Crippen LogP contribution in [0, 0.1) is 11.3 Å². The lowest BCUT2D eigenvalue weighted by molar-refractivity contribution is -0.146. The van der Waals surface area contributed by atoms with Gasteiger partial charge in [0.2, 0.25) is 0 Å². The van der Waals surface area contributed by atoms with Gasteiger partial charge in [0.1, 0.15) is 5.84 Å². The number of amides is 1. The van der Waals surface area contributed by atoms with E-state index in [0.717, 1.165) is 16.7 Å². The van der Waals surface area contributed by atoms with Crippen LogP contribution in [0.3, 0.4) is 0 Å². The first-order valence-electron chi connectivity index (χ1n) is 11.4. The number of amidine groups is 1. The molecule has 36 heavy (non-hydrogen) atoms. The van der Waals surface area contributed by atoms with Gasteiger partial charge in [-0.05, 0) is 60.4 Å². The van der Waals surface area contributed by atoms with Gasteiger partial charge < -0.3 is 25.3 Å². The number of hydrogen-bond donors (Lipinski definition) is 3. The molecule has 3 aromatic carbocycles. The van der Waals surface area contributed by atoms with Crippen molar-refractivity contribution >= 4 is 17.7 Å². The van der Waals surface area contributed by atoms with Crippen molar-refractivity contribution in [3.8, 4) is 22.6 Å². The monoisotopic (exact) mass is 489 g/mol. The molecule has 0 heterocycles. The summed E-state index contributed by atoms with van der Waals surface area (Å²) in [5.41, 5.74) is 9.28. The molecule has 0 bridgehead atoms. The van der Waals surface area contributed by atoms with Gasteiger partial charge in [0.05, 0.1) is 27.2 Å². The zero-order valence-corrected chi connectivity index (χ0v) is 20.8. The fourth-order valence-electron chi connectivity index (χ4n) is 3.96. The molecule has 3 aromatic rings. The van der Waals surface area contributed by atoms with E-state index in [9.17, 15) is 9.59 Å².